The van der Waals surface area contributed by atoms with Gasteiger partial charge in [-0.15, -0.1) is 0 Å². The van der Waals surface area contributed by atoms with Gasteiger partial charge in [0, 0.05) is 16.2 Å². The lowest BCUT2D eigenvalue weighted by atomic mass is 10.2. The minimum atomic E-state index is -0.174. The van der Waals surface area contributed by atoms with E-state index >= 15 is 0 Å². The number of carbonyl (C=O) groups is 1. The molecule has 0 heterocycles. The van der Waals surface area contributed by atoms with E-state index in [1.54, 1.807) is 0 Å². The Kier molecular flexibility index (Phi) is 4.15. The average Bonchev–Trinajstić information content (AvgIpc) is 2.10. The van der Waals surface area contributed by atoms with E-state index in [0.717, 1.165) is 15.7 Å². The Labute approximate surface area is 98.4 Å². The highest BCUT2D eigenvalue weighted by Gasteiger charge is 2.03. The number of hydrogen-bond acceptors (Lipinski definition) is 1. The lowest BCUT2D eigenvalue weighted by Gasteiger charge is -2.10. The molecule has 4 heteroatoms. The summed E-state index contributed by atoms with van der Waals surface area (Å²) in [7, 11) is 0. The van der Waals surface area contributed by atoms with Crippen molar-refractivity contribution in [3.63, 3.8) is 0 Å². The molecule has 1 aromatic rings. The largest absolute Gasteiger partial charge is 0.336 e. The Hall–Kier alpha value is -1.03. The second-order valence-corrected chi connectivity index (χ2v) is 4.57. The highest BCUT2D eigenvalue weighted by atomic mass is 79.9. The third kappa shape index (κ3) is 3.91. The Morgan fingerprint density at radius 2 is 2.07 bits per heavy atom. The Balaban J connectivity index is 2.65. The molecular weight excluding hydrogens is 256 g/mol. The molecule has 0 saturated carbocycles. The molecule has 0 radical (unpaired) electrons. The lowest BCUT2D eigenvalue weighted by Crippen LogP contribution is -2.34. The van der Waals surface area contributed by atoms with Gasteiger partial charge in [0.2, 0.25) is 0 Å². The zero-order chi connectivity index (χ0) is 11.4. The smallest absolute Gasteiger partial charge is 0.319 e. The summed E-state index contributed by atoms with van der Waals surface area (Å²) in [5.41, 5.74) is 1.89. The Morgan fingerprint density at radius 1 is 1.40 bits per heavy atom. The van der Waals surface area contributed by atoms with Crippen molar-refractivity contribution in [1.29, 1.82) is 0 Å². The second-order valence-electron chi connectivity index (χ2n) is 3.72. The number of amides is 2. The summed E-state index contributed by atoms with van der Waals surface area (Å²) in [6.45, 7) is 5.83. The molecule has 0 aliphatic rings. The zero-order valence-electron chi connectivity index (χ0n) is 9.10. The SMILES string of the molecule is Cc1cc(NC(=O)NC(C)C)ccc1Br. The number of carbonyl (C=O) groups excluding carboxylic acids is 1. The molecule has 2 amide bonds. The number of hydrogen-bond donors (Lipinski definition) is 2. The average molecular weight is 271 g/mol. The lowest BCUT2D eigenvalue weighted by molar-refractivity contribution is 0.250. The summed E-state index contributed by atoms with van der Waals surface area (Å²) in [5, 5.41) is 5.53. The van der Waals surface area contributed by atoms with E-state index in [-0.39, 0.29) is 12.1 Å². The summed E-state index contributed by atoms with van der Waals surface area (Å²) >= 11 is 3.41. The number of benzene rings is 1. The van der Waals surface area contributed by atoms with E-state index in [9.17, 15) is 4.79 Å². The molecule has 1 rings (SSSR count). The summed E-state index contributed by atoms with van der Waals surface area (Å²) in [6.07, 6.45) is 0. The van der Waals surface area contributed by atoms with Gasteiger partial charge in [-0.3, -0.25) is 0 Å². The van der Waals surface area contributed by atoms with E-state index in [4.69, 9.17) is 0 Å². The first kappa shape index (κ1) is 12.0. The molecule has 1 aromatic carbocycles. The minimum absolute atomic E-state index is 0.140. The second kappa shape index (κ2) is 5.16. The van der Waals surface area contributed by atoms with Crippen LogP contribution in [-0.4, -0.2) is 12.1 Å². The summed E-state index contributed by atoms with van der Waals surface area (Å²) < 4.78 is 1.04. The summed E-state index contributed by atoms with van der Waals surface area (Å²) in [4.78, 5) is 11.4. The molecule has 0 saturated heterocycles. The van der Waals surface area contributed by atoms with Crippen molar-refractivity contribution in [2.75, 3.05) is 5.32 Å². The third-order valence-corrected chi connectivity index (χ3v) is 2.73. The van der Waals surface area contributed by atoms with Crippen LogP contribution in [0.1, 0.15) is 19.4 Å². The quantitative estimate of drug-likeness (QED) is 0.851. The van der Waals surface area contributed by atoms with Gasteiger partial charge in [0.15, 0.2) is 0 Å². The fourth-order valence-electron chi connectivity index (χ4n) is 1.15. The van der Waals surface area contributed by atoms with Crippen LogP contribution in [0.5, 0.6) is 0 Å². The predicted molar refractivity (Wildman–Crippen MR) is 66.2 cm³/mol. The van der Waals surface area contributed by atoms with E-state index in [2.05, 4.69) is 26.6 Å². The molecule has 0 aliphatic carbocycles. The monoisotopic (exact) mass is 270 g/mol. The minimum Gasteiger partial charge on any atom is -0.336 e. The summed E-state index contributed by atoms with van der Waals surface area (Å²) in [6, 6.07) is 5.66. The zero-order valence-corrected chi connectivity index (χ0v) is 10.7. The maximum Gasteiger partial charge on any atom is 0.319 e. The molecule has 82 valence electrons. The Morgan fingerprint density at radius 3 is 2.60 bits per heavy atom. The van der Waals surface area contributed by atoms with Crippen LogP contribution in [0.4, 0.5) is 10.5 Å². The van der Waals surface area contributed by atoms with Crippen LogP contribution in [-0.2, 0) is 0 Å². The number of rotatable bonds is 2. The first-order chi connectivity index (χ1) is 6.99. The predicted octanol–water partition coefficient (Wildman–Crippen LogP) is 3.29. The molecule has 15 heavy (non-hydrogen) atoms. The van der Waals surface area contributed by atoms with Crippen LogP contribution in [0.15, 0.2) is 22.7 Å². The van der Waals surface area contributed by atoms with Gasteiger partial charge < -0.3 is 10.6 Å². The maximum atomic E-state index is 11.4. The molecule has 0 unspecified atom stereocenters. The van der Waals surface area contributed by atoms with Crippen LogP contribution < -0.4 is 10.6 Å². The van der Waals surface area contributed by atoms with Crippen molar-refractivity contribution >= 4 is 27.6 Å². The third-order valence-electron chi connectivity index (χ3n) is 1.84. The van der Waals surface area contributed by atoms with Crippen molar-refractivity contribution in [3.8, 4) is 0 Å². The number of aryl methyl sites for hydroxylation is 1. The van der Waals surface area contributed by atoms with Crippen molar-refractivity contribution in [1.82, 2.24) is 5.32 Å². The summed E-state index contributed by atoms with van der Waals surface area (Å²) in [5.74, 6) is 0. The molecule has 0 aromatic heterocycles. The van der Waals surface area contributed by atoms with Crippen LogP contribution >= 0.6 is 15.9 Å². The molecule has 0 spiro atoms. The molecule has 0 aliphatic heterocycles. The molecular formula is C11H15BrN2O. The van der Waals surface area contributed by atoms with Gasteiger partial charge in [0.05, 0.1) is 0 Å². The van der Waals surface area contributed by atoms with Crippen LogP contribution in [0.2, 0.25) is 0 Å². The maximum absolute atomic E-state index is 11.4. The van der Waals surface area contributed by atoms with E-state index in [1.165, 1.54) is 0 Å². The highest BCUT2D eigenvalue weighted by molar-refractivity contribution is 9.10. The molecule has 0 atom stereocenters. The number of anilines is 1. The number of urea groups is 1. The van der Waals surface area contributed by atoms with E-state index in [1.807, 2.05) is 39.0 Å². The van der Waals surface area contributed by atoms with Gasteiger partial charge in [-0.1, -0.05) is 15.9 Å². The van der Waals surface area contributed by atoms with Crippen LogP contribution in [0.25, 0.3) is 0 Å². The molecule has 3 nitrogen and oxygen atoms in total. The van der Waals surface area contributed by atoms with Crippen molar-refractivity contribution < 1.29 is 4.79 Å². The van der Waals surface area contributed by atoms with Gasteiger partial charge in [-0.25, -0.2) is 4.79 Å². The first-order valence-electron chi connectivity index (χ1n) is 4.82. The van der Waals surface area contributed by atoms with Crippen LogP contribution in [0, 0.1) is 6.92 Å². The van der Waals surface area contributed by atoms with E-state index < -0.39 is 0 Å². The number of halogens is 1. The molecule has 2 N–H and O–H groups in total. The Bertz CT molecular complexity index is 364. The van der Waals surface area contributed by atoms with Crippen molar-refractivity contribution in [2.24, 2.45) is 0 Å². The highest BCUT2D eigenvalue weighted by Crippen LogP contribution is 2.19. The van der Waals surface area contributed by atoms with Gasteiger partial charge in [0.1, 0.15) is 0 Å². The van der Waals surface area contributed by atoms with Crippen molar-refractivity contribution in [2.45, 2.75) is 26.8 Å². The van der Waals surface area contributed by atoms with Gasteiger partial charge >= 0.3 is 6.03 Å². The van der Waals surface area contributed by atoms with Crippen LogP contribution in [0.3, 0.4) is 0 Å². The van der Waals surface area contributed by atoms with Gasteiger partial charge in [-0.2, -0.15) is 0 Å². The van der Waals surface area contributed by atoms with Gasteiger partial charge in [-0.05, 0) is 44.5 Å². The standard InChI is InChI=1S/C11H15BrN2O/c1-7(2)13-11(15)14-9-4-5-10(12)8(3)6-9/h4-7H,1-3H3,(H2,13,14,15). The fraction of sp³-hybridized carbons (Fsp3) is 0.364. The molecule has 0 fully saturated rings. The first-order valence-corrected chi connectivity index (χ1v) is 5.62. The number of nitrogens with one attached hydrogen (secondary N) is 2. The van der Waals surface area contributed by atoms with E-state index in [0.29, 0.717) is 0 Å². The fourth-order valence-corrected chi connectivity index (χ4v) is 1.40. The van der Waals surface area contributed by atoms with Gasteiger partial charge in [0.25, 0.3) is 0 Å². The normalized spacial score (nSPS) is 10.2. The molecule has 0 bridgehead atoms. The van der Waals surface area contributed by atoms with Crippen molar-refractivity contribution in [3.05, 3.63) is 28.2 Å². The topological polar surface area (TPSA) is 41.1 Å².